The Balaban J connectivity index is 2.01. The lowest BCUT2D eigenvalue weighted by Crippen LogP contribution is -2.34. The molecule has 1 fully saturated rings. The van der Waals surface area contributed by atoms with Gasteiger partial charge >= 0.3 is 6.18 Å². The minimum Gasteiger partial charge on any atom is -0.382 e. The fraction of sp³-hybridized carbons (Fsp3) is 0.625. The lowest BCUT2D eigenvalue weighted by Gasteiger charge is -2.32. The molecule has 2 nitrogen and oxygen atoms in total. The van der Waals surface area contributed by atoms with Crippen molar-refractivity contribution in [1.82, 2.24) is 0 Å². The quantitative estimate of drug-likeness (QED) is 0.847. The predicted octanol–water partition coefficient (Wildman–Crippen LogP) is 4.76. The molecule has 2 unspecified atom stereocenters. The van der Waals surface area contributed by atoms with Gasteiger partial charge in [-0.2, -0.15) is 13.2 Å². The first-order chi connectivity index (χ1) is 10.0. The van der Waals surface area contributed by atoms with Gasteiger partial charge in [0.25, 0.3) is 0 Å². The van der Waals surface area contributed by atoms with Crippen molar-refractivity contribution in [1.29, 1.82) is 0 Å². The van der Waals surface area contributed by atoms with Crippen LogP contribution in [0.15, 0.2) is 24.3 Å². The smallest absolute Gasteiger partial charge is 0.382 e. The molecule has 0 radical (unpaired) electrons. The van der Waals surface area contributed by atoms with Gasteiger partial charge in [0.1, 0.15) is 0 Å². The zero-order chi connectivity index (χ0) is 15.3. The zero-order valence-corrected chi connectivity index (χ0v) is 12.2. The molecule has 0 aromatic heterocycles. The van der Waals surface area contributed by atoms with Crippen molar-refractivity contribution in [2.24, 2.45) is 5.92 Å². The molecule has 2 atom stereocenters. The molecule has 0 amide bonds. The number of alkyl halides is 3. The molecule has 21 heavy (non-hydrogen) atoms. The van der Waals surface area contributed by atoms with Gasteiger partial charge in [-0.1, -0.05) is 24.6 Å². The molecule has 0 heterocycles. The van der Waals surface area contributed by atoms with Crippen LogP contribution in [0.25, 0.3) is 0 Å². The Morgan fingerprint density at radius 2 is 2.00 bits per heavy atom. The minimum absolute atomic E-state index is 0.117. The number of hydrogen-bond acceptors (Lipinski definition) is 2. The summed E-state index contributed by atoms with van der Waals surface area (Å²) in [6.45, 7) is 3.02. The summed E-state index contributed by atoms with van der Waals surface area (Å²) < 4.78 is 44.0. The summed E-state index contributed by atoms with van der Waals surface area (Å²) in [6.07, 6.45) is -2.26. The molecule has 118 valence electrons. The molecule has 2 rings (SSSR count). The van der Waals surface area contributed by atoms with Crippen LogP contribution in [-0.2, 0) is 11.3 Å². The van der Waals surface area contributed by atoms with Crippen LogP contribution in [0.1, 0.15) is 38.2 Å². The standard InChI is InChI=1S/C16H22F3NO/c1-2-21-11-12-6-3-4-9-15(12)20-14-8-5-7-13(10-14)16(17,18)19/h3-4,6,9,13-14,20H,2,5,7-8,10-11H2,1H3. The summed E-state index contributed by atoms with van der Waals surface area (Å²) in [5.74, 6) is -1.18. The molecule has 1 aliphatic rings. The first-order valence-electron chi connectivity index (χ1n) is 7.49. The van der Waals surface area contributed by atoms with E-state index in [4.69, 9.17) is 4.74 Å². The van der Waals surface area contributed by atoms with Crippen molar-refractivity contribution < 1.29 is 17.9 Å². The maximum atomic E-state index is 12.9. The summed E-state index contributed by atoms with van der Waals surface area (Å²) in [5, 5.41) is 3.28. The van der Waals surface area contributed by atoms with Crippen LogP contribution < -0.4 is 5.32 Å². The molecular weight excluding hydrogens is 279 g/mol. The van der Waals surface area contributed by atoms with Crippen LogP contribution in [0.4, 0.5) is 18.9 Å². The van der Waals surface area contributed by atoms with Crippen LogP contribution in [0.5, 0.6) is 0 Å². The highest BCUT2D eigenvalue weighted by molar-refractivity contribution is 5.51. The van der Waals surface area contributed by atoms with Gasteiger partial charge in [0, 0.05) is 23.9 Å². The van der Waals surface area contributed by atoms with E-state index in [-0.39, 0.29) is 18.9 Å². The second-order valence-electron chi connectivity index (χ2n) is 5.54. The van der Waals surface area contributed by atoms with E-state index in [9.17, 15) is 13.2 Å². The molecule has 0 saturated heterocycles. The van der Waals surface area contributed by atoms with Gasteiger partial charge in [-0.05, 0) is 32.3 Å². The Morgan fingerprint density at radius 1 is 1.24 bits per heavy atom. The third kappa shape index (κ3) is 4.63. The van der Waals surface area contributed by atoms with Crippen molar-refractivity contribution in [2.45, 2.75) is 51.4 Å². The Morgan fingerprint density at radius 3 is 2.71 bits per heavy atom. The number of anilines is 1. The van der Waals surface area contributed by atoms with Crippen LogP contribution in [0.2, 0.25) is 0 Å². The van der Waals surface area contributed by atoms with E-state index in [0.717, 1.165) is 17.7 Å². The van der Waals surface area contributed by atoms with E-state index in [1.807, 2.05) is 31.2 Å². The number of nitrogens with one attached hydrogen (secondary N) is 1. The van der Waals surface area contributed by atoms with E-state index in [0.29, 0.717) is 19.6 Å². The predicted molar refractivity (Wildman–Crippen MR) is 77.2 cm³/mol. The number of halogens is 3. The van der Waals surface area contributed by atoms with Gasteiger partial charge < -0.3 is 10.1 Å². The molecule has 1 aromatic rings. The normalized spacial score (nSPS) is 23.0. The summed E-state index contributed by atoms with van der Waals surface area (Å²) in [6, 6.07) is 7.54. The average Bonchev–Trinajstić information content (AvgIpc) is 2.46. The number of rotatable bonds is 5. The van der Waals surface area contributed by atoms with E-state index in [1.165, 1.54) is 0 Å². The van der Waals surface area contributed by atoms with Crippen LogP contribution in [0, 0.1) is 5.92 Å². The molecule has 0 spiro atoms. The topological polar surface area (TPSA) is 21.3 Å². The molecular formula is C16H22F3NO. The third-order valence-electron chi connectivity index (χ3n) is 3.98. The fourth-order valence-electron chi connectivity index (χ4n) is 2.84. The van der Waals surface area contributed by atoms with Crippen molar-refractivity contribution in [2.75, 3.05) is 11.9 Å². The van der Waals surface area contributed by atoms with E-state index in [2.05, 4.69) is 5.32 Å². The Bertz CT molecular complexity index is 447. The Hall–Kier alpha value is -1.23. The van der Waals surface area contributed by atoms with Gasteiger partial charge in [0.2, 0.25) is 0 Å². The highest BCUT2D eigenvalue weighted by atomic mass is 19.4. The average molecular weight is 301 g/mol. The van der Waals surface area contributed by atoms with Crippen molar-refractivity contribution in [3.63, 3.8) is 0 Å². The summed E-state index contributed by atoms with van der Waals surface area (Å²) in [5.41, 5.74) is 1.88. The van der Waals surface area contributed by atoms with Crippen LogP contribution in [0.3, 0.4) is 0 Å². The highest BCUT2D eigenvalue weighted by Gasteiger charge is 2.42. The van der Waals surface area contributed by atoms with Gasteiger partial charge in [0.15, 0.2) is 0 Å². The molecule has 0 bridgehead atoms. The van der Waals surface area contributed by atoms with E-state index in [1.54, 1.807) is 0 Å². The SMILES string of the molecule is CCOCc1ccccc1NC1CCCC(C(F)(F)F)C1. The largest absolute Gasteiger partial charge is 0.391 e. The Labute approximate surface area is 123 Å². The third-order valence-corrected chi connectivity index (χ3v) is 3.98. The van der Waals surface area contributed by atoms with Gasteiger partial charge in [-0.3, -0.25) is 0 Å². The number of ether oxygens (including phenoxy) is 1. The Kier molecular flexibility index (Phi) is 5.51. The van der Waals surface area contributed by atoms with Gasteiger partial charge in [0.05, 0.1) is 12.5 Å². The second-order valence-corrected chi connectivity index (χ2v) is 5.54. The lowest BCUT2D eigenvalue weighted by molar-refractivity contribution is -0.182. The summed E-state index contributed by atoms with van der Waals surface area (Å²) >= 11 is 0. The maximum absolute atomic E-state index is 12.9. The fourth-order valence-corrected chi connectivity index (χ4v) is 2.84. The number of benzene rings is 1. The molecule has 1 N–H and O–H groups in total. The first-order valence-corrected chi connectivity index (χ1v) is 7.49. The summed E-state index contributed by atoms with van der Waals surface area (Å²) in [7, 11) is 0. The zero-order valence-electron chi connectivity index (χ0n) is 12.2. The molecule has 1 aromatic carbocycles. The van der Waals surface area contributed by atoms with Gasteiger partial charge in [-0.25, -0.2) is 0 Å². The van der Waals surface area contributed by atoms with E-state index < -0.39 is 12.1 Å². The lowest BCUT2D eigenvalue weighted by atomic mass is 9.85. The number of para-hydroxylation sites is 1. The van der Waals surface area contributed by atoms with Gasteiger partial charge in [-0.15, -0.1) is 0 Å². The maximum Gasteiger partial charge on any atom is 0.391 e. The minimum atomic E-state index is -4.08. The molecule has 1 saturated carbocycles. The number of hydrogen-bond donors (Lipinski definition) is 1. The van der Waals surface area contributed by atoms with Crippen molar-refractivity contribution in [3.05, 3.63) is 29.8 Å². The van der Waals surface area contributed by atoms with Crippen LogP contribution in [-0.4, -0.2) is 18.8 Å². The monoisotopic (exact) mass is 301 g/mol. The van der Waals surface area contributed by atoms with Crippen molar-refractivity contribution in [3.8, 4) is 0 Å². The van der Waals surface area contributed by atoms with Crippen LogP contribution >= 0.6 is 0 Å². The molecule has 1 aliphatic carbocycles. The molecule has 0 aliphatic heterocycles. The molecule has 5 heteroatoms. The first kappa shape index (κ1) is 16.1. The summed E-state index contributed by atoms with van der Waals surface area (Å²) in [4.78, 5) is 0. The highest BCUT2D eigenvalue weighted by Crippen LogP contribution is 2.38. The van der Waals surface area contributed by atoms with E-state index >= 15 is 0 Å². The van der Waals surface area contributed by atoms with Crippen molar-refractivity contribution >= 4 is 5.69 Å². The second kappa shape index (κ2) is 7.16.